The lowest BCUT2D eigenvalue weighted by Gasteiger charge is -2.34. The third-order valence-electron chi connectivity index (χ3n) is 6.00. The molecule has 35 heavy (non-hydrogen) atoms. The second kappa shape index (κ2) is 9.17. The Labute approximate surface area is 201 Å². The molecule has 0 amide bonds. The van der Waals surface area contributed by atoms with Crippen LogP contribution < -0.4 is 14.2 Å². The number of hydrogen-bond donors (Lipinski definition) is 4. The van der Waals surface area contributed by atoms with Crippen LogP contribution in [0, 0.1) is 13.8 Å². The Balaban J connectivity index is 1.77. The maximum absolute atomic E-state index is 13.1. The highest BCUT2D eigenvalue weighted by molar-refractivity contribution is 5.90. The van der Waals surface area contributed by atoms with Crippen LogP contribution in [-0.2, 0) is 11.2 Å². The van der Waals surface area contributed by atoms with Gasteiger partial charge in [0.15, 0.2) is 23.4 Å². The van der Waals surface area contributed by atoms with E-state index in [1.165, 1.54) is 38.5 Å². The smallest absolute Gasteiger partial charge is 0.338 e. The van der Waals surface area contributed by atoms with E-state index in [-0.39, 0.29) is 23.3 Å². The van der Waals surface area contributed by atoms with Gasteiger partial charge in [0.1, 0.15) is 29.1 Å². The maximum atomic E-state index is 13.1. The van der Waals surface area contributed by atoms with Crippen molar-refractivity contribution in [3.8, 4) is 40.2 Å². The van der Waals surface area contributed by atoms with Gasteiger partial charge in [-0.25, -0.2) is 4.79 Å². The summed E-state index contributed by atoms with van der Waals surface area (Å²) in [7, 11) is 3.00. The van der Waals surface area contributed by atoms with Crippen LogP contribution in [0.25, 0.3) is 0 Å². The van der Waals surface area contributed by atoms with Crippen molar-refractivity contribution in [3.05, 3.63) is 64.2 Å². The van der Waals surface area contributed by atoms with Gasteiger partial charge in [-0.05, 0) is 49.2 Å². The fraction of sp³-hybridized carbons (Fsp3) is 0.269. The molecule has 0 bridgehead atoms. The minimum Gasteiger partial charge on any atom is -0.507 e. The second-order valence-corrected chi connectivity index (χ2v) is 8.36. The standard InChI is InChI=1S/C26H26O9/c1-12-5-15(6-13(2)23(12)29)26(31)35-22-11-17-20(33-4)9-16(32-3)10-21(17)34-25(22)14-7-18(27)24(30)19(28)8-14/h5-10,22,25,27-30H,11H2,1-4H3/t22-,25?/m1/s1. The molecule has 0 saturated heterocycles. The first-order chi connectivity index (χ1) is 16.6. The molecule has 0 saturated carbocycles. The van der Waals surface area contributed by atoms with Gasteiger partial charge in [-0.1, -0.05) is 0 Å². The summed E-state index contributed by atoms with van der Waals surface area (Å²) >= 11 is 0. The van der Waals surface area contributed by atoms with Crippen LogP contribution >= 0.6 is 0 Å². The molecule has 0 fully saturated rings. The van der Waals surface area contributed by atoms with Crippen LogP contribution in [0.5, 0.6) is 40.2 Å². The number of rotatable bonds is 5. The van der Waals surface area contributed by atoms with Gasteiger partial charge in [0, 0.05) is 29.7 Å². The number of aromatic hydroxyl groups is 4. The quantitative estimate of drug-likeness (QED) is 0.314. The number of benzene rings is 3. The van der Waals surface area contributed by atoms with Gasteiger partial charge in [0.25, 0.3) is 0 Å². The van der Waals surface area contributed by atoms with E-state index in [2.05, 4.69) is 0 Å². The summed E-state index contributed by atoms with van der Waals surface area (Å²) in [5, 5.41) is 40.0. The van der Waals surface area contributed by atoms with Gasteiger partial charge >= 0.3 is 5.97 Å². The van der Waals surface area contributed by atoms with Gasteiger partial charge in [-0.15, -0.1) is 0 Å². The molecule has 0 spiro atoms. The van der Waals surface area contributed by atoms with Crippen LogP contribution in [0.3, 0.4) is 0 Å². The topological polar surface area (TPSA) is 135 Å². The molecule has 9 heteroatoms. The molecule has 1 aliphatic rings. The molecule has 4 rings (SSSR count). The Morgan fingerprint density at radius 1 is 0.886 bits per heavy atom. The largest absolute Gasteiger partial charge is 0.507 e. The van der Waals surface area contributed by atoms with Crippen molar-refractivity contribution < 1.29 is 44.2 Å². The van der Waals surface area contributed by atoms with Gasteiger partial charge in [-0.2, -0.15) is 0 Å². The highest BCUT2D eigenvalue weighted by atomic mass is 16.6. The third-order valence-corrected chi connectivity index (χ3v) is 6.00. The lowest BCUT2D eigenvalue weighted by molar-refractivity contribution is -0.0188. The SMILES string of the molecule is COc1cc(OC)c2c(c1)OC(c1cc(O)c(O)c(O)c1)[C@H](OC(=O)c1cc(C)c(O)c(C)c1)C2. The summed E-state index contributed by atoms with van der Waals surface area (Å²) in [5.74, 6) is -0.924. The fourth-order valence-electron chi connectivity index (χ4n) is 4.18. The number of methoxy groups -OCH3 is 2. The Bertz CT molecular complexity index is 1250. The zero-order chi connectivity index (χ0) is 25.4. The van der Waals surface area contributed by atoms with E-state index >= 15 is 0 Å². The van der Waals surface area contributed by atoms with E-state index in [1.807, 2.05) is 0 Å². The molecular weight excluding hydrogens is 456 g/mol. The summed E-state index contributed by atoms with van der Waals surface area (Å²) in [5.41, 5.74) is 2.23. The van der Waals surface area contributed by atoms with E-state index in [0.29, 0.717) is 33.9 Å². The zero-order valence-electron chi connectivity index (χ0n) is 19.7. The number of phenols is 4. The van der Waals surface area contributed by atoms with Crippen LogP contribution in [0.4, 0.5) is 0 Å². The van der Waals surface area contributed by atoms with Crippen molar-refractivity contribution in [3.63, 3.8) is 0 Å². The molecule has 1 heterocycles. The van der Waals surface area contributed by atoms with Gasteiger partial charge in [0.05, 0.1) is 19.8 Å². The highest BCUT2D eigenvalue weighted by Gasteiger charge is 2.37. The van der Waals surface area contributed by atoms with Gasteiger partial charge in [-0.3, -0.25) is 0 Å². The number of esters is 1. The van der Waals surface area contributed by atoms with E-state index in [4.69, 9.17) is 18.9 Å². The predicted octanol–water partition coefficient (Wildman–Crippen LogP) is 4.04. The van der Waals surface area contributed by atoms with E-state index < -0.39 is 35.4 Å². The Hall–Kier alpha value is -4.27. The van der Waals surface area contributed by atoms with Crippen molar-refractivity contribution in [2.24, 2.45) is 0 Å². The molecule has 0 aliphatic carbocycles. The van der Waals surface area contributed by atoms with Crippen molar-refractivity contribution in [1.82, 2.24) is 0 Å². The lowest BCUT2D eigenvalue weighted by Crippen LogP contribution is -2.35. The summed E-state index contributed by atoms with van der Waals surface area (Å²) in [6, 6.07) is 8.87. The molecule has 2 atom stereocenters. The minimum absolute atomic E-state index is 0.100. The third kappa shape index (κ3) is 4.44. The van der Waals surface area contributed by atoms with Crippen LogP contribution in [0.15, 0.2) is 36.4 Å². The number of aryl methyl sites for hydroxylation is 2. The molecule has 1 unspecified atom stereocenters. The molecule has 4 N–H and O–H groups in total. The van der Waals surface area contributed by atoms with Crippen molar-refractivity contribution in [1.29, 1.82) is 0 Å². The summed E-state index contributed by atoms with van der Waals surface area (Å²) < 4.78 is 22.9. The first-order valence-corrected chi connectivity index (χ1v) is 10.8. The average molecular weight is 482 g/mol. The molecule has 184 valence electrons. The Morgan fingerprint density at radius 2 is 1.51 bits per heavy atom. The monoisotopic (exact) mass is 482 g/mol. The first-order valence-electron chi connectivity index (χ1n) is 10.8. The normalized spacial score (nSPS) is 16.7. The Kier molecular flexibility index (Phi) is 6.26. The number of carbonyl (C=O) groups is 1. The highest BCUT2D eigenvalue weighted by Crippen LogP contribution is 2.46. The molecule has 9 nitrogen and oxygen atoms in total. The maximum Gasteiger partial charge on any atom is 0.338 e. The number of carbonyl (C=O) groups excluding carboxylic acids is 1. The number of fused-ring (bicyclic) bond motifs is 1. The predicted molar refractivity (Wildman–Crippen MR) is 125 cm³/mol. The number of ether oxygens (including phenoxy) is 4. The van der Waals surface area contributed by atoms with Crippen molar-refractivity contribution >= 4 is 5.97 Å². The Morgan fingerprint density at radius 3 is 2.09 bits per heavy atom. The van der Waals surface area contributed by atoms with Gasteiger partial charge < -0.3 is 39.4 Å². The zero-order valence-corrected chi connectivity index (χ0v) is 19.7. The molecule has 1 aliphatic heterocycles. The molecule has 3 aromatic rings. The molecular formula is C26H26O9. The first kappa shape index (κ1) is 23.9. The minimum atomic E-state index is -0.944. The lowest BCUT2D eigenvalue weighted by atomic mass is 9.93. The van der Waals surface area contributed by atoms with Crippen LogP contribution in [0.1, 0.15) is 38.7 Å². The molecule has 0 aromatic heterocycles. The van der Waals surface area contributed by atoms with Crippen molar-refractivity contribution in [2.75, 3.05) is 14.2 Å². The number of hydrogen-bond acceptors (Lipinski definition) is 9. The van der Waals surface area contributed by atoms with Crippen LogP contribution in [0.2, 0.25) is 0 Å². The number of phenolic OH excluding ortho intramolecular Hbond substituents is 4. The average Bonchev–Trinajstić information content (AvgIpc) is 2.84. The molecule has 0 radical (unpaired) electrons. The summed E-state index contributed by atoms with van der Waals surface area (Å²) in [6.07, 6.45) is -1.65. The summed E-state index contributed by atoms with van der Waals surface area (Å²) in [6.45, 7) is 3.37. The van der Waals surface area contributed by atoms with Crippen molar-refractivity contribution in [2.45, 2.75) is 32.5 Å². The van der Waals surface area contributed by atoms with E-state index in [1.54, 1.807) is 26.0 Å². The second-order valence-electron chi connectivity index (χ2n) is 8.36. The van der Waals surface area contributed by atoms with E-state index in [9.17, 15) is 25.2 Å². The summed E-state index contributed by atoms with van der Waals surface area (Å²) in [4.78, 5) is 13.1. The van der Waals surface area contributed by atoms with Gasteiger partial charge in [0.2, 0.25) is 0 Å². The van der Waals surface area contributed by atoms with Crippen LogP contribution in [-0.4, -0.2) is 46.7 Å². The van der Waals surface area contributed by atoms with E-state index in [0.717, 1.165) is 0 Å². The molecule has 3 aromatic carbocycles. The fourth-order valence-corrected chi connectivity index (χ4v) is 4.18.